The normalized spacial score (nSPS) is 10.1. The van der Waals surface area contributed by atoms with Crippen molar-refractivity contribution < 1.29 is 4.79 Å². The number of rotatable bonds is 6. The van der Waals surface area contributed by atoms with Crippen LogP contribution >= 0.6 is 0 Å². The Morgan fingerprint density at radius 2 is 2.25 bits per heavy atom. The third-order valence-electron chi connectivity index (χ3n) is 2.43. The molecule has 1 rings (SSSR count). The van der Waals surface area contributed by atoms with E-state index in [2.05, 4.69) is 30.4 Å². The molecule has 0 bridgehead atoms. The number of benzene rings is 1. The SMILES string of the molecule is Cc1cccc(CCNC(=O)CCCN)c1. The van der Waals surface area contributed by atoms with Gasteiger partial charge in [0.05, 0.1) is 0 Å². The summed E-state index contributed by atoms with van der Waals surface area (Å²) in [7, 11) is 0. The van der Waals surface area contributed by atoms with Crippen LogP contribution in [0.25, 0.3) is 0 Å². The molecule has 1 amide bonds. The van der Waals surface area contributed by atoms with Crippen LogP contribution in [0.4, 0.5) is 0 Å². The van der Waals surface area contributed by atoms with Gasteiger partial charge in [0.25, 0.3) is 0 Å². The zero-order valence-electron chi connectivity index (χ0n) is 9.83. The molecule has 0 aliphatic carbocycles. The Morgan fingerprint density at radius 3 is 2.94 bits per heavy atom. The molecule has 0 aliphatic rings. The summed E-state index contributed by atoms with van der Waals surface area (Å²) >= 11 is 0. The largest absolute Gasteiger partial charge is 0.356 e. The molecule has 0 fully saturated rings. The van der Waals surface area contributed by atoms with E-state index in [4.69, 9.17) is 5.73 Å². The molecule has 3 N–H and O–H groups in total. The second kappa shape index (κ2) is 7.01. The molecular formula is C13H20N2O. The lowest BCUT2D eigenvalue weighted by Crippen LogP contribution is -2.25. The van der Waals surface area contributed by atoms with E-state index in [1.54, 1.807) is 0 Å². The first-order valence-electron chi connectivity index (χ1n) is 5.74. The third kappa shape index (κ3) is 4.94. The van der Waals surface area contributed by atoms with E-state index in [0.717, 1.165) is 12.8 Å². The fourth-order valence-corrected chi connectivity index (χ4v) is 1.56. The third-order valence-corrected chi connectivity index (χ3v) is 2.43. The zero-order valence-corrected chi connectivity index (χ0v) is 9.83. The van der Waals surface area contributed by atoms with Crippen molar-refractivity contribution in [3.8, 4) is 0 Å². The van der Waals surface area contributed by atoms with Gasteiger partial charge in [-0.3, -0.25) is 4.79 Å². The van der Waals surface area contributed by atoms with Crippen LogP contribution in [0.2, 0.25) is 0 Å². The van der Waals surface area contributed by atoms with Crippen LogP contribution < -0.4 is 11.1 Å². The average Bonchev–Trinajstić information content (AvgIpc) is 2.26. The molecular weight excluding hydrogens is 200 g/mol. The summed E-state index contributed by atoms with van der Waals surface area (Å²) in [6.07, 6.45) is 2.18. The highest BCUT2D eigenvalue weighted by atomic mass is 16.1. The minimum absolute atomic E-state index is 0.0955. The van der Waals surface area contributed by atoms with Gasteiger partial charge in [-0.25, -0.2) is 0 Å². The Morgan fingerprint density at radius 1 is 1.44 bits per heavy atom. The molecule has 3 heteroatoms. The summed E-state index contributed by atoms with van der Waals surface area (Å²) in [5.74, 6) is 0.0955. The molecule has 0 saturated heterocycles. The van der Waals surface area contributed by atoms with Gasteiger partial charge in [0.2, 0.25) is 5.91 Å². The van der Waals surface area contributed by atoms with Crippen molar-refractivity contribution in [3.63, 3.8) is 0 Å². The molecule has 0 saturated carbocycles. The smallest absolute Gasteiger partial charge is 0.220 e. The number of amides is 1. The maximum Gasteiger partial charge on any atom is 0.220 e. The van der Waals surface area contributed by atoms with E-state index in [1.165, 1.54) is 11.1 Å². The Labute approximate surface area is 97.0 Å². The number of carbonyl (C=O) groups is 1. The molecule has 1 aromatic rings. The first-order chi connectivity index (χ1) is 7.72. The first kappa shape index (κ1) is 12.7. The molecule has 0 spiro atoms. The number of nitrogens with two attached hydrogens (primary N) is 1. The topological polar surface area (TPSA) is 55.1 Å². The van der Waals surface area contributed by atoms with Gasteiger partial charge >= 0.3 is 0 Å². The van der Waals surface area contributed by atoms with E-state index in [0.29, 0.717) is 19.5 Å². The lowest BCUT2D eigenvalue weighted by molar-refractivity contribution is -0.121. The van der Waals surface area contributed by atoms with Crippen LogP contribution in [0, 0.1) is 6.92 Å². The Kier molecular flexibility index (Phi) is 5.57. The number of nitrogens with one attached hydrogen (secondary N) is 1. The van der Waals surface area contributed by atoms with Gasteiger partial charge in [-0.05, 0) is 31.9 Å². The van der Waals surface area contributed by atoms with E-state index in [1.807, 2.05) is 6.07 Å². The number of carbonyl (C=O) groups excluding carboxylic acids is 1. The van der Waals surface area contributed by atoms with Gasteiger partial charge in [-0.15, -0.1) is 0 Å². The quantitative estimate of drug-likeness (QED) is 0.761. The van der Waals surface area contributed by atoms with E-state index >= 15 is 0 Å². The lowest BCUT2D eigenvalue weighted by atomic mass is 10.1. The molecule has 16 heavy (non-hydrogen) atoms. The molecule has 0 unspecified atom stereocenters. The van der Waals surface area contributed by atoms with Crippen molar-refractivity contribution in [2.24, 2.45) is 5.73 Å². The zero-order chi connectivity index (χ0) is 11.8. The number of hydrogen-bond donors (Lipinski definition) is 2. The standard InChI is InChI=1S/C13H20N2O/c1-11-4-2-5-12(10-11)7-9-15-13(16)6-3-8-14/h2,4-5,10H,3,6-9,14H2,1H3,(H,15,16). The highest BCUT2D eigenvalue weighted by Gasteiger charge is 1.99. The van der Waals surface area contributed by atoms with Crippen LogP contribution in [0.15, 0.2) is 24.3 Å². The van der Waals surface area contributed by atoms with Crippen molar-refractivity contribution >= 4 is 5.91 Å². The Hall–Kier alpha value is -1.35. The molecule has 1 aromatic carbocycles. The summed E-state index contributed by atoms with van der Waals surface area (Å²) in [5.41, 5.74) is 7.85. The van der Waals surface area contributed by atoms with Crippen molar-refractivity contribution in [2.75, 3.05) is 13.1 Å². The van der Waals surface area contributed by atoms with Gasteiger partial charge in [-0.1, -0.05) is 29.8 Å². The maximum absolute atomic E-state index is 11.3. The molecule has 0 aromatic heterocycles. The van der Waals surface area contributed by atoms with Crippen LogP contribution in [0.5, 0.6) is 0 Å². The second-order valence-electron chi connectivity index (χ2n) is 3.98. The van der Waals surface area contributed by atoms with Crippen LogP contribution in [-0.2, 0) is 11.2 Å². The van der Waals surface area contributed by atoms with E-state index in [9.17, 15) is 4.79 Å². The van der Waals surface area contributed by atoms with Gasteiger partial charge in [0.15, 0.2) is 0 Å². The van der Waals surface area contributed by atoms with Crippen molar-refractivity contribution in [2.45, 2.75) is 26.2 Å². The van der Waals surface area contributed by atoms with Gasteiger partial charge in [-0.2, -0.15) is 0 Å². The summed E-state index contributed by atoms with van der Waals surface area (Å²) in [6.45, 7) is 3.35. The molecule has 0 radical (unpaired) electrons. The molecule has 0 heterocycles. The van der Waals surface area contributed by atoms with Crippen molar-refractivity contribution in [1.82, 2.24) is 5.32 Å². The van der Waals surface area contributed by atoms with E-state index < -0.39 is 0 Å². The Bertz CT molecular complexity index is 336. The van der Waals surface area contributed by atoms with Gasteiger partial charge < -0.3 is 11.1 Å². The molecule has 0 atom stereocenters. The van der Waals surface area contributed by atoms with Crippen LogP contribution in [-0.4, -0.2) is 19.0 Å². The predicted molar refractivity (Wildman–Crippen MR) is 66.2 cm³/mol. The minimum Gasteiger partial charge on any atom is -0.356 e. The van der Waals surface area contributed by atoms with E-state index in [-0.39, 0.29) is 5.91 Å². The Balaban J connectivity index is 2.22. The summed E-state index contributed by atoms with van der Waals surface area (Å²) < 4.78 is 0. The molecule has 88 valence electrons. The van der Waals surface area contributed by atoms with Gasteiger partial charge in [0.1, 0.15) is 0 Å². The summed E-state index contributed by atoms with van der Waals surface area (Å²) in [6, 6.07) is 8.34. The van der Waals surface area contributed by atoms with Gasteiger partial charge in [0, 0.05) is 13.0 Å². The minimum atomic E-state index is 0.0955. The number of aryl methyl sites for hydroxylation is 1. The van der Waals surface area contributed by atoms with Crippen molar-refractivity contribution in [1.29, 1.82) is 0 Å². The predicted octanol–water partition coefficient (Wildman–Crippen LogP) is 1.39. The maximum atomic E-state index is 11.3. The average molecular weight is 220 g/mol. The van der Waals surface area contributed by atoms with Crippen LogP contribution in [0.3, 0.4) is 0 Å². The summed E-state index contributed by atoms with van der Waals surface area (Å²) in [5, 5.41) is 2.89. The highest BCUT2D eigenvalue weighted by molar-refractivity contribution is 5.75. The monoisotopic (exact) mass is 220 g/mol. The highest BCUT2D eigenvalue weighted by Crippen LogP contribution is 2.03. The fraction of sp³-hybridized carbons (Fsp3) is 0.462. The fourth-order valence-electron chi connectivity index (χ4n) is 1.56. The lowest BCUT2D eigenvalue weighted by Gasteiger charge is -2.05. The summed E-state index contributed by atoms with van der Waals surface area (Å²) in [4.78, 5) is 11.3. The first-order valence-corrected chi connectivity index (χ1v) is 5.74. The van der Waals surface area contributed by atoms with Crippen LogP contribution in [0.1, 0.15) is 24.0 Å². The molecule has 0 aliphatic heterocycles. The second-order valence-corrected chi connectivity index (χ2v) is 3.98. The number of hydrogen-bond acceptors (Lipinski definition) is 2. The van der Waals surface area contributed by atoms with Crippen molar-refractivity contribution in [3.05, 3.63) is 35.4 Å². The molecule has 3 nitrogen and oxygen atoms in total.